The molecule has 23 heavy (non-hydrogen) atoms. The Balaban J connectivity index is 1.37. The highest BCUT2D eigenvalue weighted by molar-refractivity contribution is 7.09. The van der Waals surface area contributed by atoms with Crippen molar-refractivity contribution in [2.75, 3.05) is 20.1 Å². The lowest BCUT2D eigenvalue weighted by atomic mass is 10.1. The van der Waals surface area contributed by atoms with Crippen LogP contribution in [0.15, 0.2) is 40.7 Å². The molecule has 0 bridgehead atoms. The van der Waals surface area contributed by atoms with Crippen molar-refractivity contribution >= 4 is 17.3 Å². The molecule has 0 aliphatic heterocycles. The minimum absolute atomic E-state index is 0.708. The second-order valence-electron chi connectivity index (χ2n) is 6.00. The zero-order valence-corrected chi connectivity index (χ0v) is 14.6. The number of benzene rings is 1. The number of guanidine groups is 1. The Morgan fingerprint density at radius 1 is 1.30 bits per heavy atom. The van der Waals surface area contributed by atoms with Crippen LogP contribution in [0.3, 0.4) is 0 Å². The predicted octanol–water partition coefficient (Wildman–Crippen LogP) is 2.96. The summed E-state index contributed by atoms with van der Waals surface area (Å²) in [5.74, 6) is 2.31. The van der Waals surface area contributed by atoms with Crippen molar-refractivity contribution in [1.82, 2.24) is 15.6 Å². The lowest BCUT2D eigenvalue weighted by Crippen LogP contribution is -2.39. The molecule has 3 rings (SSSR count). The first-order valence-electron chi connectivity index (χ1n) is 8.16. The molecule has 0 saturated heterocycles. The molecule has 5 heteroatoms. The summed E-state index contributed by atoms with van der Waals surface area (Å²) in [5, 5.41) is 10.1. The summed E-state index contributed by atoms with van der Waals surface area (Å²) in [6, 6.07) is 10.8. The molecular formula is C18H24N4S. The Morgan fingerprint density at radius 3 is 2.83 bits per heavy atom. The van der Waals surface area contributed by atoms with Gasteiger partial charge in [0.15, 0.2) is 5.96 Å². The van der Waals surface area contributed by atoms with Crippen LogP contribution < -0.4 is 10.6 Å². The van der Waals surface area contributed by atoms with Crippen LogP contribution in [0.25, 0.3) is 0 Å². The summed E-state index contributed by atoms with van der Waals surface area (Å²) < 4.78 is 0. The van der Waals surface area contributed by atoms with Crippen molar-refractivity contribution in [1.29, 1.82) is 0 Å². The van der Waals surface area contributed by atoms with E-state index in [-0.39, 0.29) is 0 Å². The molecule has 1 aliphatic rings. The van der Waals surface area contributed by atoms with Crippen LogP contribution in [0.2, 0.25) is 0 Å². The second kappa shape index (κ2) is 7.59. The molecule has 2 aromatic rings. The molecule has 4 nitrogen and oxygen atoms in total. The molecule has 0 spiro atoms. The molecule has 2 N–H and O–H groups in total. The summed E-state index contributed by atoms with van der Waals surface area (Å²) in [6.45, 7) is 3.88. The van der Waals surface area contributed by atoms with Crippen molar-refractivity contribution in [2.24, 2.45) is 10.9 Å². The van der Waals surface area contributed by atoms with E-state index < -0.39 is 0 Å². The zero-order chi connectivity index (χ0) is 16.1. The number of thiazole rings is 1. The monoisotopic (exact) mass is 328 g/mol. The number of rotatable bonds is 6. The topological polar surface area (TPSA) is 49.3 Å². The highest BCUT2D eigenvalue weighted by Gasteiger charge is 2.37. The minimum atomic E-state index is 0.708. The smallest absolute Gasteiger partial charge is 0.190 e. The van der Waals surface area contributed by atoms with Crippen LogP contribution >= 0.6 is 11.3 Å². The number of hydrogen-bond donors (Lipinski definition) is 2. The van der Waals surface area contributed by atoms with Crippen molar-refractivity contribution in [3.8, 4) is 0 Å². The van der Waals surface area contributed by atoms with E-state index in [2.05, 4.69) is 56.3 Å². The van der Waals surface area contributed by atoms with Crippen molar-refractivity contribution in [3.05, 3.63) is 52.0 Å². The summed E-state index contributed by atoms with van der Waals surface area (Å²) in [5.41, 5.74) is 2.61. The van der Waals surface area contributed by atoms with Crippen LogP contribution in [0.4, 0.5) is 0 Å². The van der Waals surface area contributed by atoms with Crippen molar-refractivity contribution in [3.63, 3.8) is 0 Å². The Labute approximate surface area is 142 Å². The number of aryl methyl sites for hydroxylation is 1. The van der Waals surface area contributed by atoms with E-state index in [1.807, 2.05) is 14.0 Å². The van der Waals surface area contributed by atoms with E-state index in [4.69, 9.17) is 0 Å². The van der Waals surface area contributed by atoms with Gasteiger partial charge in [-0.15, -0.1) is 11.3 Å². The zero-order valence-electron chi connectivity index (χ0n) is 13.7. The van der Waals surface area contributed by atoms with Gasteiger partial charge < -0.3 is 10.6 Å². The Morgan fingerprint density at radius 2 is 2.13 bits per heavy atom. The Hall–Kier alpha value is -1.88. The van der Waals surface area contributed by atoms with Gasteiger partial charge >= 0.3 is 0 Å². The van der Waals surface area contributed by atoms with Crippen molar-refractivity contribution in [2.45, 2.75) is 25.7 Å². The Bertz CT molecular complexity index is 650. The molecule has 1 saturated carbocycles. The van der Waals surface area contributed by atoms with E-state index in [9.17, 15) is 0 Å². The van der Waals surface area contributed by atoms with E-state index in [1.54, 1.807) is 11.3 Å². The number of nitrogens with one attached hydrogen (secondary N) is 2. The molecule has 2 unspecified atom stereocenters. The fourth-order valence-corrected chi connectivity index (χ4v) is 3.51. The van der Waals surface area contributed by atoms with Gasteiger partial charge in [0.1, 0.15) is 0 Å². The highest BCUT2D eigenvalue weighted by Crippen LogP contribution is 2.46. The molecule has 0 radical (unpaired) electrons. The average Bonchev–Trinajstić information content (AvgIpc) is 3.25. The molecule has 1 fully saturated rings. The third-order valence-electron chi connectivity index (χ3n) is 4.25. The van der Waals surface area contributed by atoms with Gasteiger partial charge in [-0.3, -0.25) is 4.99 Å². The normalized spacial score (nSPS) is 20.3. The van der Waals surface area contributed by atoms with Gasteiger partial charge in [0.05, 0.1) is 10.7 Å². The molecule has 1 aromatic carbocycles. The average molecular weight is 328 g/mol. The highest BCUT2D eigenvalue weighted by atomic mass is 32.1. The van der Waals surface area contributed by atoms with E-state index in [0.29, 0.717) is 5.92 Å². The standard InChI is InChI=1S/C18H24N4S/c1-13-22-16(12-23-13)8-9-20-18(19-2)21-11-15-10-17(15)14-6-4-3-5-7-14/h3-7,12,15,17H,8-11H2,1-2H3,(H2,19,20,21). The second-order valence-corrected chi connectivity index (χ2v) is 7.06. The molecule has 122 valence electrons. The van der Waals surface area contributed by atoms with Crippen molar-refractivity contribution < 1.29 is 0 Å². The SMILES string of the molecule is CN=C(NCCc1csc(C)n1)NCC1CC1c1ccccc1. The fourth-order valence-electron chi connectivity index (χ4n) is 2.86. The van der Waals surface area contributed by atoms with Gasteiger partial charge in [-0.05, 0) is 30.7 Å². The number of hydrogen-bond acceptors (Lipinski definition) is 3. The first-order chi connectivity index (χ1) is 11.3. The molecular weight excluding hydrogens is 304 g/mol. The first-order valence-corrected chi connectivity index (χ1v) is 9.04. The van der Waals surface area contributed by atoms with Crippen LogP contribution in [0.5, 0.6) is 0 Å². The largest absolute Gasteiger partial charge is 0.356 e. The quantitative estimate of drug-likeness (QED) is 0.633. The van der Waals surface area contributed by atoms with Gasteiger partial charge in [0.2, 0.25) is 0 Å². The summed E-state index contributed by atoms with van der Waals surface area (Å²) in [6.07, 6.45) is 2.20. The third-order valence-corrected chi connectivity index (χ3v) is 5.07. The van der Waals surface area contributed by atoms with E-state index in [1.165, 1.54) is 12.0 Å². The molecule has 0 amide bonds. The van der Waals surface area contributed by atoms with Crippen LogP contribution in [-0.4, -0.2) is 31.1 Å². The van der Waals surface area contributed by atoms with Crippen LogP contribution in [0.1, 0.15) is 28.6 Å². The minimum Gasteiger partial charge on any atom is -0.356 e. The van der Waals surface area contributed by atoms with Gasteiger partial charge in [-0.25, -0.2) is 4.98 Å². The summed E-state index contributed by atoms with van der Waals surface area (Å²) in [4.78, 5) is 8.78. The van der Waals surface area contributed by atoms with Gasteiger partial charge in [-0.1, -0.05) is 30.3 Å². The summed E-state index contributed by atoms with van der Waals surface area (Å²) >= 11 is 1.70. The summed E-state index contributed by atoms with van der Waals surface area (Å²) in [7, 11) is 1.82. The maximum absolute atomic E-state index is 4.48. The third kappa shape index (κ3) is 4.55. The predicted molar refractivity (Wildman–Crippen MR) is 97.2 cm³/mol. The first kappa shape index (κ1) is 16.0. The maximum Gasteiger partial charge on any atom is 0.190 e. The maximum atomic E-state index is 4.48. The van der Waals surface area contributed by atoms with E-state index in [0.717, 1.165) is 42.1 Å². The molecule has 1 heterocycles. The number of aliphatic imine (C=N–C) groups is 1. The number of nitrogens with zero attached hydrogens (tertiary/aromatic N) is 2. The molecule has 1 aromatic heterocycles. The van der Waals surface area contributed by atoms with Crippen LogP contribution in [-0.2, 0) is 6.42 Å². The lowest BCUT2D eigenvalue weighted by molar-refractivity contribution is 0.716. The Kier molecular flexibility index (Phi) is 5.28. The molecule has 1 aliphatic carbocycles. The van der Waals surface area contributed by atoms with Gasteiger partial charge in [0.25, 0.3) is 0 Å². The lowest BCUT2D eigenvalue weighted by Gasteiger charge is -2.11. The van der Waals surface area contributed by atoms with Crippen LogP contribution in [0, 0.1) is 12.8 Å². The van der Waals surface area contributed by atoms with Gasteiger partial charge in [0, 0.05) is 31.9 Å². The van der Waals surface area contributed by atoms with E-state index >= 15 is 0 Å². The number of aromatic nitrogens is 1. The molecule has 2 atom stereocenters. The fraction of sp³-hybridized carbons (Fsp3) is 0.444. The van der Waals surface area contributed by atoms with Gasteiger partial charge in [-0.2, -0.15) is 0 Å².